The first-order valence-electron chi connectivity index (χ1n) is 6.58. The fourth-order valence-electron chi connectivity index (χ4n) is 2.58. The van der Waals surface area contributed by atoms with Gasteiger partial charge >= 0.3 is 0 Å². The zero-order valence-electron chi connectivity index (χ0n) is 11.4. The maximum Gasteiger partial charge on any atom is 0.150 e. The van der Waals surface area contributed by atoms with Gasteiger partial charge in [-0.05, 0) is 49.9 Å². The SMILES string of the molecule is Cc1cc(N)ccc1OC1CCCC(S(C)(=O)=O)C1. The van der Waals surface area contributed by atoms with Gasteiger partial charge in [-0.2, -0.15) is 0 Å². The second-order valence-electron chi connectivity index (χ2n) is 5.38. The highest BCUT2D eigenvalue weighted by Gasteiger charge is 2.30. The van der Waals surface area contributed by atoms with Gasteiger partial charge in [0.25, 0.3) is 0 Å². The number of hydrogen-bond acceptors (Lipinski definition) is 4. The summed E-state index contributed by atoms with van der Waals surface area (Å²) >= 11 is 0. The number of nitrogen functional groups attached to an aromatic ring is 1. The molecule has 2 unspecified atom stereocenters. The molecule has 1 aliphatic carbocycles. The van der Waals surface area contributed by atoms with Crippen LogP contribution in [0.4, 0.5) is 5.69 Å². The molecule has 2 atom stereocenters. The number of nitrogens with two attached hydrogens (primary N) is 1. The minimum absolute atomic E-state index is 0.0178. The summed E-state index contributed by atoms with van der Waals surface area (Å²) < 4.78 is 29.2. The number of aryl methyl sites for hydroxylation is 1. The van der Waals surface area contributed by atoms with E-state index in [2.05, 4.69) is 0 Å². The van der Waals surface area contributed by atoms with Gasteiger partial charge < -0.3 is 10.5 Å². The van der Waals surface area contributed by atoms with Gasteiger partial charge in [0.1, 0.15) is 15.6 Å². The van der Waals surface area contributed by atoms with Crippen molar-refractivity contribution in [3.8, 4) is 5.75 Å². The van der Waals surface area contributed by atoms with Gasteiger partial charge in [-0.15, -0.1) is 0 Å². The number of hydrogen-bond donors (Lipinski definition) is 1. The second-order valence-corrected chi connectivity index (χ2v) is 7.71. The Bertz CT molecular complexity index is 554. The highest BCUT2D eigenvalue weighted by atomic mass is 32.2. The maximum atomic E-state index is 11.6. The van der Waals surface area contributed by atoms with E-state index in [-0.39, 0.29) is 11.4 Å². The molecule has 0 spiro atoms. The molecule has 0 bridgehead atoms. The zero-order chi connectivity index (χ0) is 14.0. The van der Waals surface area contributed by atoms with Crippen LogP contribution in [0.1, 0.15) is 31.2 Å². The molecule has 0 amide bonds. The van der Waals surface area contributed by atoms with E-state index < -0.39 is 9.84 Å². The molecule has 2 N–H and O–H groups in total. The summed E-state index contributed by atoms with van der Waals surface area (Å²) in [6, 6.07) is 5.53. The van der Waals surface area contributed by atoms with Gasteiger partial charge in [0.15, 0.2) is 0 Å². The molecule has 0 radical (unpaired) electrons. The van der Waals surface area contributed by atoms with E-state index in [0.29, 0.717) is 12.1 Å². The molecule has 0 aliphatic heterocycles. The molecule has 0 aromatic heterocycles. The van der Waals surface area contributed by atoms with Crippen molar-refractivity contribution in [2.45, 2.75) is 44.0 Å². The largest absolute Gasteiger partial charge is 0.490 e. The topological polar surface area (TPSA) is 69.4 Å². The summed E-state index contributed by atoms with van der Waals surface area (Å²) in [5.74, 6) is 0.799. The third-order valence-electron chi connectivity index (χ3n) is 3.68. The van der Waals surface area contributed by atoms with Gasteiger partial charge in [-0.25, -0.2) is 8.42 Å². The first kappa shape index (κ1) is 14.2. The van der Waals surface area contributed by atoms with Crippen LogP contribution in [-0.2, 0) is 9.84 Å². The van der Waals surface area contributed by atoms with E-state index >= 15 is 0 Å². The Labute approximate surface area is 114 Å². The van der Waals surface area contributed by atoms with E-state index in [1.54, 1.807) is 6.07 Å². The van der Waals surface area contributed by atoms with Gasteiger partial charge in [0.05, 0.1) is 11.4 Å². The van der Waals surface area contributed by atoms with Crippen LogP contribution >= 0.6 is 0 Å². The van der Waals surface area contributed by atoms with Crippen LogP contribution in [0.5, 0.6) is 5.75 Å². The van der Waals surface area contributed by atoms with Crippen molar-refractivity contribution < 1.29 is 13.2 Å². The van der Waals surface area contributed by atoms with Crippen molar-refractivity contribution in [3.05, 3.63) is 23.8 Å². The zero-order valence-corrected chi connectivity index (χ0v) is 12.2. The summed E-state index contributed by atoms with van der Waals surface area (Å²) in [7, 11) is -2.97. The van der Waals surface area contributed by atoms with E-state index in [1.807, 2.05) is 19.1 Å². The Hall–Kier alpha value is -1.23. The Morgan fingerprint density at radius 2 is 2.05 bits per heavy atom. The molecule has 1 fully saturated rings. The lowest BCUT2D eigenvalue weighted by molar-refractivity contribution is 0.155. The molecular weight excluding hydrogens is 262 g/mol. The monoisotopic (exact) mass is 283 g/mol. The fourth-order valence-corrected chi connectivity index (χ4v) is 3.74. The van der Waals surface area contributed by atoms with Crippen LogP contribution in [-0.4, -0.2) is 26.0 Å². The summed E-state index contributed by atoms with van der Waals surface area (Å²) in [4.78, 5) is 0. The Morgan fingerprint density at radius 3 is 2.68 bits per heavy atom. The third-order valence-corrected chi connectivity index (χ3v) is 5.32. The third kappa shape index (κ3) is 3.62. The smallest absolute Gasteiger partial charge is 0.150 e. The highest BCUT2D eigenvalue weighted by Crippen LogP contribution is 2.29. The van der Waals surface area contributed by atoms with E-state index in [0.717, 1.165) is 30.6 Å². The molecule has 0 heterocycles. The van der Waals surface area contributed by atoms with Gasteiger partial charge in [-0.3, -0.25) is 0 Å². The lowest BCUT2D eigenvalue weighted by Crippen LogP contribution is -2.33. The molecule has 4 nitrogen and oxygen atoms in total. The summed E-state index contributed by atoms with van der Waals surface area (Å²) in [5.41, 5.74) is 7.40. The second kappa shape index (κ2) is 5.41. The Balaban J connectivity index is 2.07. The van der Waals surface area contributed by atoms with E-state index in [9.17, 15) is 8.42 Å². The molecule has 5 heteroatoms. The first-order chi connectivity index (χ1) is 8.86. The van der Waals surface area contributed by atoms with Crippen molar-refractivity contribution in [3.63, 3.8) is 0 Å². The van der Waals surface area contributed by atoms with Gasteiger partial charge in [0, 0.05) is 18.4 Å². The fraction of sp³-hybridized carbons (Fsp3) is 0.571. The van der Waals surface area contributed by atoms with E-state index in [4.69, 9.17) is 10.5 Å². The average Bonchev–Trinajstić information content (AvgIpc) is 2.32. The van der Waals surface area contributed by atoms with Crippen LogP contribution in [0, 0.1) is 6.92 Å². The van der Waals surface area contributed by atoms with Crippen molar-refractivity contribution in [2.75, 3.05) is 12.0 Å². The predicted octanol–water partition coefficient (Wildman–Crippen LogP) is 2.31. The number of sulfone groups is 1. The number of ether oxygens (including phenoxy) is 1. The van der Waals surface area contributed by atoms with Crippen LogP contribution in [0.2, 0.25) is 0 Å². The lowest BCUT2D eigenvalue weighted by Gasteiger charge is -2.29. The molecular formula is C14H21NO3S. The van der Waals surface area contributed by atoms with Crippen molar-refractivity contribution in [1.82, 2.24) is 0 Å². The van der Waals surface area contributed by atoms with E-state index in [1.165, 1.54) is 6.26 Å². The Morgan fingerprint density at radius 1 is 1.32 bits per heavy atom. The normalized spacial score (nSPS) is 24.1. The summed E-state index contributed by atoms with van der Waals surface area (Å²) in [6.07, 6.45) is 4.44. The van der Waals surface area contributed by atoms with Crippen LogP contribution in [0.15, 0.2) is 18.2 Å². The summed E-state index contributed by atoms with van der Waals surface area (Å²) in [5, 5.41) is -0.264. The van der Waals surface area contributed by atoms with Crippen LogP contribution < -0.4 is 10.5 Å². The molecule has 0 saturated heterocycles. The van der Waals surface area contributed by atoms with Crippen molar-refractivity contribution in [1.29, 1.82) is 0 Å². The van der Waals surface area contributed by atoms with Crippen LogP contribution in [0.3, 0.4) is 0 Å². The Kier molecular flexibility index (Phi) is 4.04. The molecule has 1 aliphatic rings. The quantitative estimate of drug-likeness (QED) is 0.864. The standard InChI is InChI=1S/C14H21NO3S/c1-10-8-11(15)6-7-14(10)18-12-4-3-5-13(9-12)19(2,16)17/h6-8,12-13H,3-5,9,15H2,1-2H3. The first-order valence-corrected chi connectivity index (χ1v) is 8.53. The molecule has 106 valence electrons. The lowest BCUT2D eigenvalue weighted by atomic mass is 9.97. The van der Waals surface area contributed by atoms with Gasteiger partial charge in [-0.1, -0.05) is 0 Å². The molecule has 2 rings (SSSR count). The van der Waals surface area contributed by atoms with Crippen molar-refractivity contribution >= 4 is 15.5 Å². The number of anilines is 1. The van der Waals surface area contributed by atoms with Crippen LogP contribution in [0.25, 0.3) is 0 Å². The average molecular weight is 283 g/mol. The molecule has 19 heavy (non-hydrogen) atoms. The van der Waals surface area contributed by atoms with Crippen molar-refractivity contribution in [2.24, 2.45) is 0 Å². The predicted molar refractivity (Wildman–Crippen MR) is 77.1 cm³/mol. The number of rotatable bonds is 3. The highest BCUT2D eigenvalue weighted by molar-refractivity contribution is 7.91. The molecule has 1 saturated carbocycles. The van der Waals surface area contributed by atoms with Gasteiger partial charge in [0.2, 0.25) is 0 Å². The minimum atomic E-state index is -2.97. The summed E-state index contributed by atoms with van der Waals surface area (Å²) in [6.45, 7) is 1.95. The minimum Gasteiger partial charge on any atom is -0.490 e. The molecule has 1 aromatic carbocycles. The maximum absolute atomic E-state index is 11.6. The molecule has 1 aromatic rings. The number of benzene rings is 1.